The fraction of sp³-hybridized carbons (Fsp3) is 0.471. The predicted octanol–water partition coefficient (Wildman–Crippen LogP) is 5.58. The van der Waals surface area contributed by atoms with Gasteiger partial charge in [-0.1, -0.05) is 6.92 Å². The van der Waals surface area contributed by atoms with Crippen molar-refractivity contribution >= 4 is 23.5 Å². The number of nitrogens with one attached hydrogen (secondary N) is 1. The van der Waals surface area contributed by atoms with Gasteiger partial charge >= 0.3 is 0 Å². The molecule has 4 aromatic heterocycles. The molecule has 10 nitrogen and oxygen atoms in total. The second-order valence-corrected chi connectivity index (χ2v) is 13.0. The molecule has 1 aliphatic carbocycles. The first kappa shape index (κ1) is 29.5. The van der Waals surface area contributed by atoms with Crippen LogP contribution in [-0.4, -0.2) is 55.7 Å². The first-order valence-corrected chi connectivity index (χ1v) is 15.7. The van der Waals surface area contributed by atoms with Crippen LogP contribution in [0, 0.1) is 22.7 Å². The van der Waals surface area contributed by atoms with Gasteiger partial charge in [0.25, 0.3) is 0 Å². The third kappa shape index (κ3) is 5.83. The minimum Gasteiger partial charge on any atom is -0.357 e. The van der Waals surface area contributed by atoms with Crippen LogP contribution in [0.1, 0.15) is 77.3 Å². The maximum atomic E-state index is 12.8. The Morgan fingerprint density at radius 2 is 1.84 bits per heavy atom. The fourth-order valence-corrected chi connectivity index (χ4v) is 6.67. The maximum absolute atomic E-state index is 12.8. The second kappa shape index (κ2) is 12.2. The first-order chi connectivity index (χ1) is 21.3. The largest absolute Gasteiger partial charge is 0.357 e. The lowest BCUT2D eigenvalue weighted by molar-refractivity contribution is -0.131. The number of carbonyl (C=O) groups is 2. The van der Waals surface area contributed by atoms with E-state index in [0.717, 1.165) is 91.5 Å². The van der Waals surface area contributed by atoms with Crippen molar-refractivity contribution in [3.8, 4) is 28.3 Å². The van der Waals surface area contributed by atoms with Crippen LogP contribution in [0.25, 0.3) is 27.8 Å². The highest BCUT2D eigenvalue weighted by atomic mass is 16.2. The molecular formula is C34H40N8O2. The summed E-state index contributed by atoms with van der Waals surface area (Å²) < 4.78 is 3.83. The molecule has 1 amide bonds. The molecule has 5 heterocycles. The Balaban J connectivity index is 1.24. The minimum atomic E-state index is -0.369. The third-order valence-electron chi connectivity index (χ3n) is 9.50. The topological polar surface area (TPSA) is 121 Å². The van der Waals surface area contributed by atoms with Gasteiger partial charge in [-0.3, -0.25) is 9.48 Å². The van der Waals surface area contributed by atoms with Crippen molar-refractivity contribution < 1.29 is 9.59 Å². The zero-order valence-electron chi connectivity index (χ0n) is 25.7. The summed E-state index contributed by atoms with van der Waals surface area (Å²) in [5, 5.41) is 22.1. The molecule has 10 heteroatoms. The van der Waals surface area contributed by atoms with E-state index < -0.39 is 0 Å². The molecule has 6 rings (SSSR count). The Morgan fingerprint density at radius 3 is 2.50 bits per heavy atom. The summed E-state index contributed by atoms with van der Waals surface area (Å²) in [6.07, 6.45) is 16.8. The number of hydrogen-bond acceptors (Lipinski definition) is 7. The molecule has 44 heavy (non-hydrogen) atoms. The van der Waals surface area contributed by atoms with Gasteiger partial charge in [-0.15, -0.1) is 0 Å². The van der Waals surface area contributed by atoms with E-state index >= 15 is 0 Å². The molecule has 0 spiro atoms. The van der Waals surface area contributed by atoms with Crippen LogP contribution in [0.15, 0.2) is 49.2 Å². The number of carbonyl (C=O) groups excluding carboxylic acids is 2. The Labute approximate surface area is 258 Å². The summed E-state index contributed by atoms with van der Waals surface area (Å²) in [5.41, 5.74) is 4.61. The molecular weight excluding hydrogens is 552 g/mol. The van der Waals surface area contributed by atoms with Crippen molar-refractivity contribution in [2.75, 3.05) is 18.0 Å². The van der Waals surface area contributed by atoms with Crippen molar-refractivity contribution in [1.82, 2.24) is 29.7 Å². The molecule has 4 aromatic rings. The summed E-state index contributed by atoms with van der Waals surface area (Å²) in [6.45, 7) is 7.56. The normalized spacial score (nSPS) is 20.0. The van der Waals surface area contributed by atoms with Crippen molar-refractivity contribution in [1.29, 1.82) is 5.26 Å². The van der Waals surface area contributed by atoms with Crippen LogP contribution in [0.3, 0.4) is 0 Å². The number of rotatable bonds is 8. The van der Waals surface area contributed by atoms with Crippen molar-refractivity contribution in [3.63, 3.8) is 0 Å². The molecule has 0 aromatic carbocycles. The van der Waals surface area contributed by atoms with Crippen LogP contribution >= 0.6 is 0 Å². The molecule has 2 fully saturated rings. The predicted molar refractivity (Wildman–Crippen MR) is 169 cm³/mol. The SMILES string of the molecule is CC(C)NC(=O)C1(C)CCN(c2ccc(-c3cc(-c4cnn(C5CCC(CC=O)CC5)c4)cn4ncc(C#N)c34)cn2)CC1. The molecule has 1 aliphatic heterocycles. The number of piperidine rings is 1. The van der Waals surface area contributed by atoms with E-state index in [9.17, 15) is 14.9 Å². The van der Waals surface area contributed by atoms with E-state index in [-0.39, 0.29) is 17.4 Å². The van der Waals surface area contributed by atoms with Gasteiger partial charge in [0.05, 0.1) is 29.5 Å². The van der Waals surface area contributed by atoms with Gasteiger partial charge in [0.1, 0.15) is 18.2 Å². The van der Waals surface area contributed by atoms with Crippen molar-refractivity contribution in [2.45, 2.75) is 77.8 Å². The highest BCUT2D eigenvalue weighted by Gasteiger charge is 2.37. The van der Waals surface area contributed by atoms with E-state index in [1.807, 2.05) is 38.5 Å². The number of nitriles is 1. The summed E-state index contributed by atoms with van der Waals surface area (Å²) in [6, 6.07) is 8.92. The highest BCUT2D eigenvalue weighted by molar-refractivity contribution is 5.87. The number of fused-ring (bicyclic) bond motifs is 1. The molecule has 1 saturated heterocycles. The quantitative estimate of drug-likeness (QED) is 0.265. The molecule has 2 aliphatic rings. The summed E-state index contributed by atoms with van der Waals surface area (Å²) >= 11 is 0. The van der Waals surface area contributed by atoms with Gasteiger partial charge in [-0.05, 0) is 76.5 Å². The highest BCUT2D eigenvalue weighted by Crippen LogP contribution is 2.37. The van der Waals surface area contributed by atoms with Gasteiger partial charge in [0, 0.05) is 71.8 Å². The maximum Gasteiger partial charge on any atom is 0.226 e. The third-order valence-corrected chi connectivity index (χ3v) is 9.50. The van der Waals surface area contributed by atoms with Crippen LogP contribution in [0.5, 0.6) is 0 Å². The van der Waals surface area contributed by atoms with Crippen LogP contribution in [0.4, 0.5) is 5.82 Å². The Morgan fingerprint density at radius 1 is 1.07 bits per heavy atom. The van der Waals surface area contributed by atoms with Gasteiger partial charge < -0.3 is 15.0 Å². The molecule has 1 N–H and O–H groups in total. The molecule has 0 unspecified atom stereocenters. The average Bonchev–Trinajstić information content (AvgIpc) is 3.69. The first-order valence-electron chi connectivity index (χ1n) is 15.7. The van der Waals surface area contributed by atoms with E-state index in [0.29, 0.717) is 23.9 Å². The summed E-state index contributed by atoms with van der Waals surface area (Å²) in [4.78, 5) is 30.8. The summed E-state index contributed by atoms with van der Waals surface area (Å²) in [7, 11) is 0. The second-order valence-electron chi connectivity index (χ2n) is 13.0. The standard InChI is InChI=1S/C34H40N8O2/c1-23(2)39-33(44)34(3)11-13-40(14-12-34)31-9-6-25(18-36-31)30-16-26(21-42-32(30)27(17-35)19-38-42)28-20-37-41(22-28)29-7-4-24(5-8-29)10-15-43/h6,9,15-16,18-24,29H,4-5,7-8,10-14H2,1-3H3,(H,39,44). The van der Waals surface area contributed by atoms with E-state index in [1.54, 1.807) is 10.7 Å². The van der Waals surface area contributed by atoms with Crippen molar-refractivity contribution in [2.24, 2.45) is 11.3 Å². The molecule has 1 saturated carbocycles. The number of pyridine rings is 2. The van der Waals surface area contributed by atoms with Gasteiger partial charge in [-0.2, -0.15) is 15.5 Å². The van der Waals surface area contributed by atoms with Crippen LogP contribution in [0.2, 0.25) is 0 Å². The number of nitrogens with zero attached hydrogens (tertiary/aromatic N) is 7. The van der Waals surface area contributed by atoms with E-state index in [4.69, 9.17) is 10.1 Å². The Bertz CT molecular complexity index is 1680. The number of hydrogen-bond donors (Lipinski definition) is 1. The zero-order chi connectivity index (χ0) is 30.8. The molecule has 0 radical (unpaired) electrons. The molecule has 0 bridgehead atoms. The summed E-state index contributed by atoms with van der Waals surface area (Å²) in [5.74, 6) is 1.50. The number of aldehydes is 1. The lowest BCUT2D eigenvalue weighted by Gasteiger charge is -2.39. The van der Waals surface area contributed by atoms with E-state index in [2.05, 4.69) is 51.3 Å². The Kier molecular flexibility index (Phi) is 8.21. The zero-order valence-corrected chi connectivity index (χ0v) is 25.7. The van der Waals surface area contributed by atoms with Crippen molar-refractivity contribution in [3.05, 3.63) is 54.7 Å². The van der Waals surface area contributed by atoms with Crippen LogP contribution < -0.4 is 10.2 Å². The molecule has 228 valence electrons. The molecule has 0 atom stereocenters. The Hall–Kier alpha value is -4.52. The lowest BCUT2D eigenvalue weighted by atomic mass is 9.79. The van der Waals surface area contributed by atoms with Crippen LogP contribution in [-0.2, 0) is 9.59 Å². The monoisotopic (exact) mass is 592 g/mol. The van der Waals surface area contributed by atoms with Gasteiger partial charge in [-0.25, -0.2) is 9.50 Å². The number of amides is 1. The van der Waals surface area contributed by atoms with Gasteiger partial charge in [0.2, 0.25) is 5.91 Å². The van der Waals surface area contributed by atoms with Gasteiger partial charge in [0.15, 0.2) is 0 Å². The average molecular weight is 593 g/mol. The number of aromatic nitrogens is 5. The number of anilines is 1. The lowest BCUT2D eigenvalue weighted by Crippen LogP contribution is -2.49. The van der Waals surface area contributed by atoms with E-state index in [1.165, 1.54) is 0 Å². The minimum absolute atomic E-state index is 0.126. The fourth-order valence-electron chi connectivity index (χ4n) is 6.67. The smallest absolute Gasteiger partial charge is 0.226 e.